The van der Waals surface area contributed by atoms with Crippen LogP contribution in [0.4, 0.5) is 0 Å². The molecule has 0 N–H and O–H groups in total. The van der Waals surface area contributed by atoms with Crippen molar-refractivity contribution in [3.63, 3.8) is 0 Å². The predicted octanol–water partition coefficient (Wildman–Crippen LogP) is 3.91. The van der Waals surface area contributed by atoms with Gasteiger partial charge in [-0.2, -0.15) is 0 Å². The molecule has 0 aromatic heterocycles. The first-order valence-corrected chi connectivity index (χ1v) is 9.28. The minimum Gasteiger partial charge on any atom is -0.466 e. The number of carbonyl (C=O) groups excluding carboxylic acids is 1. The van der Waals surface area contributed by atoms with Crippen LogP contribution in [0, 0.1) is 5.92 Å². The summed E-state index contributed by atoms with van der Waals surface area (Å²) in [5.41, 5.74) is 1.06. The van der Waals surface area contributed by atoms with Crippen LogP contribution in [-0.2, 0) is 23.7 Å². The summed E-state index contributed by atoms with van der Waals surface area (Å²) >= 11 is 3.42. The maximum atomic E-state index is 12.0. The second kappa shape index (κ2) is 7.58. The summed E-state index contributed by atoms with van der Waals surface area (Å²) in [6.07, 6.45) is 3.18. The zero-order chi connectivity index (χ0) is 18.0. The summed E-state index contributed by atoms with van der Waals surface area (Å²) in [5.74, 6) is -1.09. The van der Waals surface area contributed by atoms with Gasteiger partial charge in [0, 0.05) is 10.4 Å². The highest BCUT2D eigenvalue weighted by Crippen LogP contribution is 2.42. The summed E-state index contributed by atoms with van der Waals surface area (Å²) in [5, 5.41) is 0. The number of hydrogen-bond donors (Lipinski definition) is 0. The molecule has 0 unspecified atom stereocenters. The predicted molar refractivity (Wildman–Crippen MR) is 96.6 cm³/mol. The Hall–Kier alpha value is -1.21. The first-order valence-electron chi connectivity index (χ1n) is 8.48. The molecule has 0 bridgehead atoms. The van der Waals surface area contributed by atoms with E-state index in [1.54, 1.807) is 6.92 Å². The van der Waals surface area contributed by atoms with Crippen molar-refractivity contribution in [2.24, 2.45) is 5.92 Å². The Morgan fingerprint density at radius 2 is 2.00 bits per heavy atom. The summed E-state index contributed by atoms with van der Waals surface area (Å²) < 4.78 is 23.9. The van der Waals surface area contributed by atoms with Crippen molar-refractivity contribution in [1.29, 1.82) is 0 Å². The first-order chi connectivity index (χ1) is 11.9. The highest BCUT2D eigenvalue weighted by atomic mass is 79.9. The number of esters is 1. The molecule has 136 valence electrons. The molecule has 4 atom stereocenters. The van der Waals surface area contributed by atoms with Gasteiger partial charge >= 0.3 is 5.97 Å². The van der Waals surface area contributed by atoms with Gasteiger partial charge in [-0.25, -0.2) is 0 Å². The lowest BCUT2D eigenvalue weighted by atomic mass is 9.94. The van der Waals surface area contributed by atoms with Gasteiger partial charge in [0.25, 0.3) is 0 Å². The van der Waals surface area contributed by atoms with E-state index in [0.717, 1.165) is 10.0 Å². The maximum Gasteiger partial charge on any atom is 0.306 e. The van der Waals surface area contributed by atoms with Crippen LogP contribution in [-0.4, -0.2) is 36.9 Å². The minimum absolute atomic E-state index is 0.141. The van der Waals surface area contributed by atoms with Gasteiger partial charge in [-0.15, -0.1) is 0 Å². The molecule has 0 spiro atoms. The van der Waals surface area contributed by atoms with Crippen LogP contribution < -0.4 is 0 Å². The largest absolute Gasteiger partial charge is 0.466 e. The standard InChI is InChI=1S/C19H23BrO5/c1-4-22-16(21)11-14-15(10-7-12-5-8-13(20)9-6-12)23-18-17(14)24-19(2,3)25-18/h5-10,14-15,17-18H,4,11H2,1-3H3/b10-7+/t14-,15-,17-,18-/m1/s1. The van der Waals surface area contributed by atoms with Gasteiger partial charge in [-0.1, -0.05) is 40.2 Å². The van der Waals surface area contributed by atoms with E-state index in [-0.39, 0.29) is 30.5 Å². The van der Waals surface area contributed by atoms with E-state index >= 15 is 0 Å². The molecule has 0 aliphatic carbocycles. The second-order valence-electron chi connectivity index (χ2n) is 6.65. The monoisotopic (exact) mass is 410 g/mol. The van der Waals surface area contributed by atoms with E-state index < -0.39 is 12.1 Å². The molecule has 2 heterocycles. The Kier molecular flexibility index (Phi) is 5.63. The number of rotatable bonds is 5. The first kappa shape index (κ1) is 18.6. The Balaban J connectivity index is 1.74. The van der Waals surface area contributed by atoms with Gasteiger partial charge in [0.05, 0.1) is 19.1 Å². The van der Waals surface area contributed by atoms with Crippen LogP contribution in [0.15, 0.2) is 34.8 Å². The van der Waals surface area contributed by atoms with Gasteiger partial charge in [-0.05, 0) is 38.5 Å². The highest BCUT2D eigenvalue weighted by Gasteiger charge is 2.54. The lowest BCUT2D eigenvalue weighted by Gasteiger charge is -2.23. The van der Waals surface area contributed by atoms with Crippen molar-refractivity contribution in [3.05, 3.63) is 40.4 Å². The van der Waals surface area contributed by atoms with Crippen molar-refractivity contribution in [3.8, 4) is 0 Å². The normalized spacial score (nSPS) is 30.6. The third-order valence-corrected chi connectivity index (χ3v) is 4.81. The highest BCUT2D eigenvalue weighted by molar-refractivity contribution is 9.10. The van der Waals surface area contributed by atoms with Crippen molar-refractivity contribution in [1.82, 2.24) is 0 Å². The lowest BCUT2D eigenvalue weighted by molar-refractivity contribution is -0.205. The van der Waals surface area contributed by atoms with E-state index in [4.69, 9.17) is 18.9 Å². The molecule has 0 amide bonds. The van der Waals surface area contributed by atoms with Gasteiger partial charge in [-0.3, -0.25) is 4.79 Å². The summed E-state index contributed by atoms with van der Waals surface area (Å²) in [4.78, 5) is 12.0. The minimum atomic E-state index is -0.706. The van der Waals surface area contributed by atoms with Gasteiger partial charge in [0.2, 0.25) is 0 Å². The molecular weight excluding hydrogens is 388 g/mol. The zero-order valence-electron chi connectivity index (χ0n) is 14.6. The SMILES string of the molecule is CCOC(=O)C[C@H]1[C@H]2OC(C)(C)O[C@H]2O[C@@H]1/C=C/c1ccc(Br)cc1. The molecule has 1 aromatic rings. The molecular formula is C19H23BrO5. The molecule has 3 rings (SSSR count). The Morgan fingerprint density at radius 3 is 2.68 bits per heavy atom. The Morgan fingerprint density at radius 1 is 1.28 bits per heavy atom. The number of fused-ring (bicyclic) bond motifs is 1. The lowest BCUT2D eigenvalue weighted by Crippen LogP contribution is -2.31. The van der Waals surface area contributed by atoms with E-state index in [1.807, 2.05) is 50.3 Å². The number of hydrogen-bond acceptors (Lipinski definition) is 5. The molecule has 1 aromatic carbocycles. The molecule has 5 nitrogen and oxygen atoms in total. The van der Waals surface area contributed by atoms with E-state index in [1.165, 1.54) is 0 Å². The van der Waals surface area contributed by atoms with Crippen LogP contribution in [0.5, 0.6) is 0 Å². The average Bonchev–Trinajstić information content (AvgIpc) is 3.00. The van der Waals surface area contributed by atoms with E-state index in [2.05, 4.69) is 15.9 Å². The van der Waals surface area contributed by atoms with Crippen LogP contribution in [0.25, 0.3) is 6.08 Å². The Bertz CT molecular complexity index is 640. The molecule has 0 radical (unpaired) electrons. The maximum absolute atomic E-state index is 12.0. The third-order valence-electron chi connectivity index (χ3n) is 4.28. The summed E-state index contributed by atoms with van der Waals surface area (Å²) in [7, 11) is 0. The van der Waals surface area contributed by atoms with Crippen molar-refractivity contribution < 1.29 is 23.7 Å². The average molecular weight is 411 g/mol. The molecule has 2 fully saturated rings. The zero-order valence-corrected chi connectivity index (χ0v) is 16.2. The van der Waals surface area contributed by atoms with Crippen LogP contribution in [0.3, 0.4) is 0 Å². The Labute approximate surface area is 156 Å². The van der Waals surface area contributed by atoms with Crippen LogP contribution >= 0.6 is 15.9 Å². The third kappa shape index (κ3) is 4.50. The van der Waals surface area contributed by atoms with Gasteiger partial charge < -0.3 is 18.9 Å². The number of ether oxygens (including phenoxy) is 4. The topological polar surface area (TPSA) is 54.0 Å². The molecule has 25 heavy (non-hydrogen) atoms. The molecule has 2 saturated heterocycles. The fourth-order valence-corrected chi connectivity index (χ4v) is 3.47. The van der Waals surface area contributed by atoms with Crippen LogP contribution in [0.2, 0.25) is 0 Å². The molecule has 2 aliphatic rings. The number of halogens is 1. The molecule has 6 heteroatoms. The van der Waals surface area contributed by atoms with E-state index in [0.29, 0.717) is 6.61 Å². The van der Waals surface area contributed by atoms with E-state index in [9.17, 15) is 4.79 Å². The van der Waals surface area contributed by atoms with Crippen LogP contribution in [0.1, 0.15) is 32.8 Å². The van der Waals surface area contributed by atoms with Crippen molar-refractivity contribution in [2.75, 3.05) is 6.61 Å². The number of carbonyl (C=O) groups is 1. The quantitative estimate of drug-likeness (QED) is 0.688. The summed E-state index contributed by atoms with van der Waals surface area (Å²) in [6, 6.07) is 7.98. The molecule has 2 aliphatic heterocycles. The fraction of sp³-hybridized carbons (Fsp3) is 0.526. The van der Waals surface area contributed by atoms with Gasteiger partial charge in [0.1, 0.15) is 6.10 Å². The van der Waals surface area contributed by atoms with Crippen molar-refractivity contribution in [2.45, 2.75) is 51.5 Å². The van der Waals surface area contributed by atoms with Crippen molar-refractivity contribution >= 4 is 28.0 Å². The summed E-state index contributed by atoms with van der Waals surface area (Å²) in [6.45, 7) is 5.86. The second-order valence-corrected chi connectivity index (χ2v) is 7.57. The smallest absolute Gasteiger partial charge is 0.306 e. The fourth-order valence-electron chi connectivity index (χ4n) is 3.21. The molecule has 0 saturated carbocycles. The van der Waals surface area contributed by atoms with Gasteiger partial charge in [0.15, 0.2) is 12.1 Å². The number of benzene rings is 1.